The van der Waals surface area contributed by atoms with Gasteiger partial charge in [-0.1, -0.05) is 6.42 Å². The third-order valence-corrected chi connectivity index (χ3v) is 10.3. The molecule has 0 unspecified atom stereocenters. The van der Waals surface area contributed by atoms with E-state index in [1.807, 2.05) is 0 Å². The van der Waals surface area contributed by atoms with Crippen molar-refractivity contribution in [3.8, 4) is 0 Å². The number of Topliss-reactive ketones (excluding diaryl/α,β-unsaturated/α-hetero) is 1. The first kappa shape index (κ1) is 12.1. The van der Waals surface area contributed by atoms with Gasteiger partial charge in [-0.3, -0.25) is 4.79 Å². The van der Waals surface area contributed by atoms with E-state index in [2.05, 4.69) is 0 Å². The van der Waals surface area contributed by atoms with Gasteiger partial charge in [0, 0.05) is 18.4 Å². The molecule has 0 aromatic rings. The summed E-state index contributed by atoms with van der Waals surface area (Å²) >= 11 is 0. The molecular weight excluding hydrogens is 272 g/mol. The minimum atomic E-state index is 0.442. The smallest absolute Gasteiger partial charge is 0.139 e. The molecule has 7 aliphatic rings. The summed E-state index contributed by atoms with van der Waals surface area (Å²) in [4.78, 5) is 13.2. The quantitative estimate of drug-likeness (QED) is 0.808. The zero-order chi connectivity index (χ0) is 14.3. The molecule has 7 saturated carbocycles. The van der Waals surface area contributed by atoms with Crippen LogP contribution in [0.2, 0.25) is 0 Å². The van der Waals surface area contributed by atoms with Crippen LogP contribution >= 0.6 is 0 Å². The third kappa shape index (κ3) is 0.951. The van der Waals surface area contributed by atoms with Gasteiger partial charge in [-0.15, -0.1) is 0 Å². The van der Waals surface area contributed by atoms with Crippen molar-refractivity contribution in [1.29, 1.82) is 0 Å². The molecule has 0 heterocycles. The Balaban J connectivity index is 1.47. The van der Waals surface area contributed by atoms with Crippen molar-refractivity contribution in [3.63, 3.8) is 0 Å². The average Bonchev–Trinajstić information content (AvgIpc) is 3.26. The van der Waals surface area contributed by atoms with E-state index < -0.39 is 0 Å². The average molecular weight is 298 g/mol. The van der Waals surface area contributed by atoms with E-state index in [-0.39, 0.29) is 0 Å². The second-order valence-electron chi connectivity index (χ2n) is 9.92. The van der Waals surface area contributed by atoms with Crippen LogP contribution in [-0.4, -0.2) is 17.5 Å². The van der Waals surface area contributed by atoms with Crippen LogP contribution in [-0.2, 0) is 4.79 Å². The number of hydrogen-bond donors (Lipinski definition) is 1. The summed E-state index contributed by atoms with van der Waals surface area (Å²) < 4.78 is 0. The first-order chi connectivity index (χ1) is 10.8. The lowest BCUT2D eigenvalue weighted by molar-refractivity contribution is -0.126. The largest absolute Gasteiger partial charge is 0.396 e. The molecule has 0 bridgehead atoms. The molecule has 0 aliphatic heterocycles. The molecule has 0 aromatic heterocycles. The SMILES string of the molecule is O=C1[C@H]2[C@H]3[C@H]4[C@H]([C@H]5CC[C@H]1[C@H]53)[C@H](CO)[C@@H]1[C@@H]3CCC[C@H]3[C@@H]2[C@H]14. The van der Waals surface area contributed by atoms with Crippen LogP contribution in [0.15, 0.2) is 0 Å². The summed E-state index contributed by atoms with van der Waals surface area (Å²) in [6.07, 6.45) is 6.69. The van der Waals surface area contributed by atoms with Crippen LogP contribution < -0.4 is 0 Å². The molecule has 118 valence electrons. The highest BCUT2D eigenvalue weighted by atomic mass is 16.3. The summed E-state index contributed by atoms with van der Waals surface area (Å²) in [5.41, 5.74) is 0. The van der Waals surface area contributed by atoms with E-state index in [4.69, 9.17) is 0 Å². The Morgan fingerprint density at radius 2 is 1.50 bits per heavy atom. The summed E-state index contributed by atoms with van der Waals surface area (Å²) in [6.45, 7) is 0.442. The van der Waals surface area contributed by atoms with Gasteiger partial charge >= 0.3 is 0 Å². The second kappa shape index (κ2) is 3.50. The number of ketones is 1. The predicted molar refractivity (Wildman–Crippen MR) is 80.5 cm³/mol. The third-order valence-electron chi connectivity index (χ3n) is 10.3. The zero-order valence-electron chi connectivity index (χ0n) is 13.1. The van der Waals surface area contributed by atoms with Gasteiger partial charge in [0.05, 0.1) is 0 Å². The Labute approximate surface area is 132 Å². The lowest BCUT2D eigenvalue weighted by atomic mass is 9.75. The molecule has 0 radical (unpaired) electrons. The van der Waals surface area contributed by atoms with Crippen LogP contribution in [0.1, 0.15) is 32.1 Å². The summed E-state index contributed by atoms with van der Waals surface area (Å²) in [6, 6.07) is 0. The van der Waals surface area contributed by atoms with Gasteiger partial charge in [0.25, 0.3) is 0 Å². The maximum absolute atomic E-state index is 13.2. The predicted octanol–water partition coefficient (Wildman–Crippen LogP) is 2.60. The number of hydrogen-bond acceptors (Lipinski definition) is 2. The van der Waals surface area contributed by atoms with E-state index in [0.717, 1.165) is 65.0 Å². The topological polar surface area (TPSA) is 37.3 Å². The summed E-state index contributed by atoms with van der Waals surface area (Å²) in [7, 11) is 0. The molecule has 0 saturated heterocycles. The van der Waals surface area contributed by atoms with E-state index >= 15 is 0 Å². The molecule has 7 rings (SSSR count). The minimum absolute atomic E-state index is 0.442. The van der Waals surface area contributed by atoms with Gasteiger partial charge in [-0.2, -0.15) is 0 Å². The molecule has 7 aliphatic carbocycles. The van der Waals surface area contributed by atoms with Crippen molar-refractivity contribution in [3.05, 3.63) is 0 Å². The molecule has 0 amide bonds. The van der Waals surface area contributed by atoms with Gasteiger partial charge in [0.2, 0.25) is 0 Å². The molecule has 1 N–H and O–H groups in total. The first-order valence-electron chi connectivity index (χ1n) is 9.97. The standard InChI is InChI=1S/C20H26O2/c21-6-11-12-7-2-1-3-8(7)15-16(12)17-14(11)9-4-5-10-13(9)18(17)19(15)20(10)22/h7-19,21H,1-6H2/t7-,8-,9+,10+,11-,12+,13+,14-,15-,16+,17+,18-,19-/m1/s1. The summed E-state index contributed by atoms with van der Waals surface area (Å²) in [5, 5.41) is 10.3. The van der Waals surface area contributed by atoms with E-state index in [1.165, 1.54) is 32.1 Å². The normalized spacial score (nSPS) is 71.7. The van der Waals surface area contributed by atoms with Crippen molar-refractivity contribution in [2.45, 2.75) is 32.1 Å². The Morgan fingerprint density at radius 3 is 2.32 bits per heavy atom. The van der Waals surface area contributed by atoms with Gasteiger partial charge in [-0.25, -0.2) is 0 Å². The highest BCUT2D eigenvalue weighted by Crippen LogP contribution is 2.82. The molecule has 0 aromatic carbocycles. The van der Waals surface area contributed by atoms with Crippen LogP contribution in [0.4, 0.5) is 0 Å². The molecule has 0 spiro atoms. The van der Waals surface area contributed by atoms with E-state index in [9.17, 15) is 9.90 Å². The fourth-order valence-electron chi connectivity index (χ4n) is 10.6. The second-order valence-corrected chi connectivity index (χ2v) is 9.92. The van der Waals surface area contributed by atoms with Crippen molar-refractivity contribution in [2.75, 3.05) is 6.61 Å². The fourth-order valence-corrected chi connectivity index (χ4v) is 10.6. The lowest BCUT2D eigenvalue weighted by Crippen LogP contribution is -2.29. The molecule has 2 nitrogen and oxygen atoms in total. The van der Waals surface area contributed by atoms with Gasteiger partial charge < -0.3 is 5.11 Å². The van der Waals surface area contributed by atoms with Crippen LogP contribution in [0, 0.1) is 76.9 Å². The van der Waals surface area contributed by atoms with Crippen LogP contribution in [0.25, 0.3) is 0 Å². The lowest BCUT2D eigenvalue weighted by Gasteiger charge is -2.31. The first-order valence-corrected chi connectivity index (χ1v) is 9.97. The molecule has 2 heteroatoms. The fraction of sp³-hybridized carbons (Fsp3) is 0.950. The van der Waals surface area contributed by atoms with Crippen molar-refractivity contribution in [2.24, 2.45) is 76.9 Å². The molecular formula is C20H26O2. The number of carbonyl (C=O) groups excluding carboxylic acids is 1. The number of aliphatic hydroxyl groups is 1. The maximum atomic E-state index is 13.2. The Hall–Kier alpha value is -0.370. The van der Waals surface area contributed by atoms with Gasteiger partial charge in [0.15, 0.2) is 0 Å². The van der Waals surface area contributed by atoms with Gasteiger partial charge in [0.1, 0.15) is 5.78 Å². The number of aliphatic hydroxyl groups excluding tert-OH is 1. The number of carbonyl (C=O) groups is 1. The Morgan fingerprint density at radius 1 is 0.773 bits per heavy atom. The minimum Gasteiger partial charge on any atom is -0.396 e. The number of rotatable bonds is 1. The molecule has 7 fully saturated rings. The van der Waals surface area contributed by atoms with E-state index in [1.54, 1.807) is 0 Å². The van der Waals surface area contributed by atoms with E-state index in [0.29, 0.717) is 24.4 Å². The van der Waals surface area contributed by atoms with Crippen molar-refractivity contribution in [1.82, 2.24) is 0 Å². The zero-order valence-corrected chi connectivity index (χ0v) is 13.1. The summed E-state index contributed by atoms with van der Waals surface area (Å²) in [5.74, 6) is 10.4. The van der Waals surface area contributed by atoms with Crippen LogP contribution in [0.5, 0.6) is 0 Å². The van der Waals surface area contributed by atoms with Crippen molar-refractivity contribution < 1.29 is 9.90 Å². The van der Waals surface area contributed by atoms with Gasteiger partial charge in [-0.05, 0) is 90.8 Å². The highest BCUT2D eigenvalue weighted by molar-refractivity contribution is 5.88. The van der Waals surface area contributed by atoms with Crippen molar-refractivity contribution >= 4 is 5.78 Å². The Bertz CT molecular complexity index is 578. The highest BCUT2D eigenvalue weighted by Gasteiger charge is 2.80. The molecule has 13 atom stereocenters. The Kier molecular flexibility index (Phi) is 1.92. The monoisotopic (exact) mass is 298 g/mol. The van der Waals surface area contributed by atoms with Crippen LogP contribution in [0.3, 0.4) is 0 Å². The molecule has 22 heavy (non-hydrogen) atoms. The number of fused-ring (bicyclic) bond motifs is 5. The maximum Gasteiger partial charge on any atom is 0.139 e.